The molecule has 0 spiro atoms. The molecule has 0 aromatic heterocycles. The second-order valence-electron chi connectivity index (χ2n) is 4.08. The molecule has 0 atom stereocenters. The van der Waals surface area contributed by atoms with Gasteiger partial charge in [-0.25, -0.2) is 0 Å². The summed E-state index contributed by atoms with van der Waals surface area (Å²) in [5.41, 5.74) is 1.97. The molecule has 0 saturated carbocycles. The van der Waals surface area contributed by atoms with Gasteiger partial charge >= 0.3 is 0 Å². The molecule has 66 valence electrons. The number of hydrogen-bond donors (Lipinski definition) is 0. The van der Waals surface area contributed by atoms with Crippen LogP contribution in [0.15, 0.2) is 23.3 Å². The van der Waals surface area contributed by atoms with E-state index in [0.29, 0.717) is 0 Å². The molecule has 0 N–H and O–H groups in total. The first-order valence-corrected chi connectivity index (χ1v) is 4.35. The summed E-state index contributed by atoms with van der Waals surface area (Å²) in [5, 5.41) is 0. The predicted octanol–water partition coefficient (Wildman–Crippen LogP) is 2.88. The molecule has 1 nitrogen and oxygen atoms in total. The van der Waals surface area contributed by atoms with E-state index in [1.807, 2.05) is 33.8 Å². The highest BCUT2D eigenvalue weighted by atomic mass is 16.1. The lowest BCUT2D eigenvalue weighted by Crippen LogP contribution is -2.28. The number of ketones is 1. The van der Waals surface area contributed by atoms with Crippen LogP contribution in [0.25, 0.3) is 0 Å². The largest absolute Gasteiger partial charge is 0.294 e. The third kappa shape index (κ3) is 1.50. The molecular formula is C11H16O. The van der Waals surface area contributed by atoms with Crippen LogP contribution < -0.4 is 0 Å². The lowest BCUT2D eigenvalue weighted by atomic mass is 9.74. The lowest BCUT2D eigenvalue weighted by Gasteiger charge is -2.28. The van der Waals surface area contributed by atoms with Crippen LogP contribution in [0.2, 0.25) is 0 Å². The fourth-order valence-corrected chi connectivity index (χ4v) is 1.70. The lowest BCUT2D eigenvalue weighted by molar-refractivity contribution is -0.123. The van der Waals surface area contributed by atoms with Gasteiger partial charge in [-0.3, -0.25) is 4.79 Å². The minimum Gasteiger partial charge on any atom is -0.294 e. The summed E-state index contributed by atoms with van der Waals surface area (Å²) >= 11 is 0. The Morgan fingerprint density at radius 1 is 1.50 bits per heavy atom. The van der Waals surface area contributed by atoms with Crippen LogP contribution in [0.4, 0.5) is 0 Å². The second kappa shape index (κ2) is 2.89. The zero-order valence-corrected chi connectivity index (χ0v) is 8.27. The molecule has 0 unspecified atom stereocenters. The van der Waals surface area contributed by atoms with Crippen LogP contribution in [-0.4, -0.2) is 5.78 Å². The Balaban J connectivity index is 3.08. The minimum absolute atomic E-state index is 0.194. The summed E-state index contributed by atoms with van der Waals surface area (Å²) in [6, 6.07) is 0. The molecule has 0 aromatic rings. The fourth-order valence-electron chi connectivity index (χ4n) is 1.70. The number of carbonyl (C=O) groups is 1. The van der Waals surface area contributed by atoms with Gasteiger partial charge in [0.25, 0.3) is 0 Å². The Morgan fingerprint density at radius 3 is 2.50 bits per heavy atom. The quantitative estimate of drug-likeness (QED) is 0.538. The topological polar surface area (TPSA) is 17.1 Å². The summed E-state index contributed by atoms with van der Waals surface area (Å²) < 4.78 is 0. The summed E-state index contributed by atoms with van der Waals surface area (Å²) in [4.78, 5) is 11.6. The Bertz CT molecular complexity index is 267. The van der Waals surface area contributed by atoms with E-state index in [2.05, 4.69) is 6.08 Å². The molecule has 0 radical (unpaired) electrons. The maximum Gasteiger partial charge on any atom is 0.164 e. The van der Waals surface area contributed by atoms with E-state index in [9.17, 15) is 4.79 Å². The SMILES string of the molecule is C/C=C1/C=C(C)C(=O)C(C)(C)C1. The van der Waals surface area contributed by atoms with Crippen molar-refractivity contribution < 1.29 is 4.79 Å². The highest BCUT2D eigenvalue weighted by molar-refractivity contribution is 6.00. The van der Waals surface area contributed by atoms with Gasteiger partial charge in [0, 0.05) is 5.41 Å². The maximum atomic E-state index is 11.6. The van der Waals surface area contributed by atoms with E-state index >= 15 is 0 Å². The standard InChI is InChI=1S/C11H16O/c1-5-9-6-8(2)10(12)11(3,4)7-9/h5-6H,7H2,1-4H3/b9-5-. The van der Waals surface area contributed by atoms with Gasteiger partial charge in [0.2, 0.25) is 0 Å². The smallest absolute Gasteiger partial charge is 0.164 e. The van der Waals surface area contributed by atoms with E-state index in [0.717, 1.165) is 12.0 Å². The molecule has 1 aliphatic rings. The van der Waals surface area contributed by atoms with Crippen molar-refractivity contribution in [1.29, 1.82) is 0 Å². The summed E-state index contributed by atoms with van der Waals surface area (Å²) in [6.45, 7) is 7.93. The Hall–Kier alpha value is -0.850. The number of allylic oxidation sites excluding steroid dienone is 4. The van der Waals surface area contributed by atoms with Crippen molar-refractivity contribution in [3.05, 3.63) is 23.3 Å². The highest BCUT2D eigenvalue weighted by Gasteiger charge is 2.32. The molecule has 0 heterocycles. The average Bonchev–Trinajstić information content (AvgIpc) is 1.99. The van der Waals surface area contributed by atoms with Gasteiger partial charge in [-0.05, 0) is 25.8 Å². The molecule has 1 rings (SSSR count). The van der Waals surface area contributed by atoms with E-state index < -0.39 is 0 Å². The summed E-state index contributed by atoms with van der Waals surface area (Å²) in [5.74, 6) is 0.285. The van der Waals surface area contributed by atoms with Gasteiger partial charge in [0.1, 0.15) is 0 Å². The van der Waals surface area contributed by atoms with Gasteiger partial charge in [-0.15, -0.1) is 0 Å². The van der Waals surface area contributed by atoms with Gasteiger partial charge < -0.3 is 0 Å². The van der Waals surface area contributed by atoms with Gasteiger partial charge in [-0.2, -0.15) is 0 Å². The van der Waals surface area contributed by atoms with Crippen LogP contribution in [0.1, 0.15) is 34.1 Å². The van der Waals surface area contributed by atoms with Gasteiger partial charge in [0.15, 0.2) is 5.78 Å². The number of carbonyl (C=O) groups excluding carboxylic acids is 1. The first-order valence-electron chi connectivity index (χ1n) is 4.35. The first-order chi connectivity index (χ1) is 5.47. The van der Waals surface area contributed by atoms with Crippen LogP contribution >= 0.6 is 0 Å². The molecule has 0 aliphatic heterocycles. The monoisotopic (exact) mass is 164 g/mol. The second-order valence-corrected chi connectivity index (χ2v) is 4.08. The Morgan fingerprint density at radius 2 is 2.08 bits per heavy atom. The number of hydrogen-bond acceptors (Lipinski definition) is 1. The molecular weight excluding hydrogens is 148 g/mol. The predicted molar refractivity (Wildman–Crippen MR) is 50.9 cm³/mol. The third-order valence-electron chi connectivity index (χ3n) is 2.39. The Labute approximate surface area is 74.2 Å². The van der Waals surface area contributed by atoms with Crippen LogP contribution in [0.5, 0.6) is 0 Å². The molecule has 1 aliphatic carbocycles. The van der Waals surface area contributed by atoms with E-state index in [4.69, 9.17) is 0 Å². The van der Waals surface area contributed by atoms with Crippen LogP contribution in [0.3, 0.4) is 0 Å². The van der Waals surface area contributed by atoms with Crippen molar-refractivity contribution in [2.45, 2.75) is 34.1 Å². The fraction of sp³-hybridized carbons (Fsp3) is 0.545. The maximum absolute atomic E-state index is 11.6. The molecule has 12 heavy (non-hydrogen) atoms. The number of Topliss-reactive ketones (excluding diaryl/α,β-unsaturated/α-hetero) is 1. The van der Waals surface area contributed by atoms with E-state index in [1.54, 1.807) is 0 Å². The zero-order valence-electron chi connectivity index (χ0n) is 8.27. The molecule has 0 amide bonds. The van der Waals surface area contributed by atoms with Crippen LogP contribution in [-0.2, 0) is 4.79 Å². The highest BCUT2D eigenvalue weighted by Crippen LogP contribution is 2.34. The van der Waals surface area contributed by atoms with Crippen molar-refractivity contribution in [2.75, 3.05) is 0 Å². The minimum atomic E-state index is -0.194. The molecule has 0 bridgehead atoms. The van der Waals surface area contributed by atoms with Crippen molar-refractivity contribution in [3.63, 3.8) is 0 Å². The third-order valence-corrected chi connectivity index (χ3v) is 2.39. The molecule has 0 aromatic carbocycles. The average molecular weight is 164 g/mol. The first kappa shape index (κ1) is 9.24. The van der Waals surface area contributed by atoms with Crippen LogP contribution in [0, 0.1) is 5.41 Å². The summed E-state index contributed by atoms with van der Waals surface area (Å²) in [6.07, 6.45) is 4.95. The van der Waals surface area contributed by atoms with Crippen molar-refractivity contribution in [1.82, 2.24) is 0 Å². The summed E-state index contributed by atoms with van der Waals surface area (Å²) in [7, 11) is 0. The Kier molecular flexibility index (Phi) is 2.22. The molecule has 1 heteroatoms. The molecule has 0 saturated heterocycles. The number of rotatable bonds is 0. The normalized spacial score (nSPS) is 25.8. The van der Waals surface area contributed by atoms with E-state index in [-0.39, 0.29) is 11.2 Å². The van der Waals surface area contributed by atoms with Crippen molar-refractivity contribution >= 4 is 5.78 Å². The van der Waals surface area contributed by atoms with Crippen molar-refractivity contribution in [3.8, 4) is 0 Å². The van der Waals surface area contributed by atoms with Gasteiger partial charge in [-0.1, -0.05) is 31.6 Å². The van der Waals surface area contributed by atoms with Crippen molar-refractivity contribution in [2.24, 2.45) is 5.41 Å². The van der Waals surface area contributed by atoms with Gasteiger partial charge in [0.05, 0.1) is 0 Å². The zero-order chi connectivity index (χ0) is 9.35. The molecule has 0 fully saturated rings. The van der Waals surface area contributed by atoms with E-state index in [1.165, 1.54) is 5.57 Å².